The van der Waals surface area contributed by atoms with E-state index < -0.39 is 11.5 Å². The highest BCUT2D eigenvalue weighted by Crippen LogP contribution is 2.14. The first-order valence-electron chi connectivity index (χ1n) is 6.50. The monoisotopic (exact) mass is 394 g/mol. The number of hydrogen-bond donors (Lipinski definition) is 0. The van der Waals surface area contributed by atoms with Gasteiger partial charge < -0.3 is 9.64 Å². The summed E-state index contributed by atoms with van der Waals surface area (Å²) in [4.78, 5) is 17.2. The van der Waals surface area contributed by atoms with Gasteiger partial charge in [0, 0.05) is 28.9 Å². The van der Waals surface area contributed by atoms with Crippen molar-refractivity contribution in [3.05, 3.63) is 27.3 Å². The van der Waals surface area contributed by atoms with Crippen LogP contribution in [0.4, 0.5) is 9.18 Å². The van der Waals surface area contributed by atoms with Crippen LogP contribution in [0, 0.1) is 9.52 Å². The maximum atomic E-state index is 12.9. The molecule has 0 N–H and O–H groups in total. The fraction of sp³-hybridized carbons (Fsp3) is 0.571. The maximum Gasteiger partial charge on any atom is 0.410 e. The highest BCUT2D eigenvalue weighted by atomic mass is 127. The van der Waals surface area contributed by atoms with E-state index in [9.17, 15) is 9.18 Å². The molecule has 0 aliphatic heterocycles. The summed E-state index contributed by atoms with van der Waals surface area (Å²) in [5, 5.41) is 0. The summed E-state index contributed by atoms with van der Waals surface area (Å²) in [6.07, 6.45) is 1.81. The third kappa shape index (κ3) is 5.60. The van der Waals surface area contributed by atoms with E-state index in [1.807, 2.05) is 27.7 Å². The normalized spacial score (nSPS) is 11.3. The van der Waals surface area contributed by atoms with E-state index in [-0.39, 0.29) is 6.09 Å². The van der Waals surface area contributed by atoms with Crippen LogP contribution in [-0.2, 0) is 11.2 Å². The lowest BCUT2D eigenvalue weighted by molar-refractivity contribution is 0.0262. The standard InChI is InChI=1S/C14H20FIN2O2/c1-5-18(13(19)20-14(2,3)4)7-6-10-9-17-12(15)8-11(10)16/h8-9H,5-7H2,1-4H3. The molecule has 0 saturated carbocycles. The highest BCUT2D eigenvalue weighted by molar-refractivity contribution is 14.1. The van der Waals surface area contributed by atoms with E-state index in [0.717, 1.165) is 9.13 Å². The smallest absolute Gasteiger partial charge is 0.410 e. The molecule has 0 saturated heterocycles. The summed E-state index contributed by atoms with van der Waals surface area (Å²) < 4.78 is 19.1. The van der Waals surface area contributed by atoms with E-state index in [0.29, 0.717) is 19.5 Å². The number of halogens is 2. The van der Waals surface area contributed by atoms with Crippen LogP contribution in [0.3, 0.4) is 0 Å². The zero-order valence-corrected chi connectivity index (χ0v) is 14.4. The molecular weight excluding hydrogens is 374 g/mol. The second-order valence-electron chi connectivity index (χ2n) is 5.41. The Bertz CT molecular complexity index is 475. The first kappa shape index (κ1) is 17.1. The van der Waals surface area contributed by atoms with Crippen molar-refractivity contribution in [2.75, 3.05) is 13.1 Å². The predicted molar refractivity (Wildman–Crippen MR) is 84.1 cm³/mol. The lowest BCUT2D eigenvalue weighted by Gasteiger charge is -2.26. The minimum Gasteiger partial charge on any atom is -0.444 e. The number of pyridine rings is 1. The molecular formula is C14H20FIN2O2. The van der Waals surface area contributed by atoms with Gasteiger partial charge in [0.2, 0.25) is 5.95 Å². The van der Waals surface area contributed by atoms with E-state index >= 15 is 0 Å². The zero-order valence-electron chi connectivity index (χ0n) is 12.2. The van der Waals surface area contributed by atoms with Crippen LogP contribution in [0.15, 0.2) is 12.3 Å². The molecule has 0 radical (unpaired) electrons. The highest BCUT2D eigenvalue weighted by Gasteiger charge is 2.21. The molecule has 0 aromatic carbocycles. The average Bonchev–Trinajstić information content (AvgIpc) is 2.30. The molecule has 0 unspecified atom stereocenters. The molecule has 0 bridgehead atoms. The van der Waals surface area contributed by atoms with E-state index in [2.05, 4.69) is 27.6 Å². The first-order chi connectivity index (χ1) is 9.23. The lowest BCUT2D eigenvalue weighted by Crippen LogP contribution is -2.37. The molecule has 112 valence electrons. The van der Waals surface area contributed by atoms with Crippen LogP contribution in [0.2, 0.25) is 0 Å². The number of rotatable bonds is 4. The van der Waals surface area contributed by atoms with Gasteiger partial charge in [-0.3, -0.25) is 0 Å². The lowest BCUT2D eigenvalue weighted by atomic mass is 10.2. The molecule has 20 heavy (non-hydrogen) atoms. The Kier molecular flexibility index (Phi) is 6.16. The molecule has 1 rings (SSSR count). The predicted octanol–water partition coefficient (Wildman–Crippen LogP) is 3.62. The van der Waals surface area contributed by atoms with Gasteiger partial charge in [0.1, 0.15) is 5.60 Å². The summed E-state index contributed by atoms with van der Waals surface area (Å²) >= 11 is 2.07. The first-order valence-corrected chi connectivity index (χ1v) is 7.58. The Morgan fingerprint density at radius 2 is 2.15 bits per heavy atom. The number of aromatic nitrogens is 1. The topological polar surface area (TPSA) is 42.4 Å². The molecule has 4 nitrogen and oxygen atoms in total. The number of nitrogens with zero attached hydrogens (tertiary/aromatic N) is 2. The van der Waals surface area contributed by atoms with Gasteiger partial charge in [0.15, 0.2) is 0 Å². The minimum atomic E-state index is -0.504. The van der Waals surface area contributed by atoms with Crippen molar-refractivity contribution >= 4 is 28.7 Å². The molecule has 1 amide bonds. The fourth-order valence-electron chi connectivity index (χ4n) is 1.58. The third-order valence-corrected chi connectivity index (χ3v) is 3.58. The van der Waals surface area contributed by atoms with E-state index in [1.165, 1.54) is 12.3 Å². The Labute approximate surface area is 132 Å². The third-order valence-electron chi connectivity index (χ3n) is 2.58. The van der Waals surface area contributed by atoms with Gasteiger partial charge in [0.25, 0.3) is 0 Å². The number of likely N-dealkylation sites (N-methyl/N-ethyl adjacent to an activating group) is 1. The number of hydrogen-bond acceptors (Lipinski definition) is 3. The van der Waals surface area contributed by atoms with Crippen molar-refractivity contribution in [2.24, 2.45) is 0 Å². The van der Waals surface area contributed by atoms with E-state index in [4.69, 9.17) is 4.74 Å². The number of carbonyl (C=O) groups is 1. The van der Waals surface area contributed by atoms with Gasteiger partial charge in [-0.2, -0.15) is 4.39 Å². The summed E-state index contributed by atoms with van der Waals surface area (Å²) in [6.45, 7) is 8.51. The van der Waals surface area contributed by atoms with Crippen molar-refractivity contribution in [1.82, 2.24) is 9.88 Å². The summed E-state index contributed by atoms with van der Waals surface area (Å²) in [7, 11) is 0. The van der Waals surface area contributed by atoms with Crippen molar-refractivity contribution < 1.29 is 13.9 Å². The SMILES string of the molecule is CCN(CCc1cnc(F)cc1I)C(=O)OC(C)(C)C. The molecule has 1 aromatic heterocycles. The Morgan fingerprint density at radius 3 is 2.65 bits per heavy atom. The quantitative estimate of drug-likeness (QED) is 0.579. The van der Waals surface area contributed by atoms with Crippen LogP contribution in [0.5, 0.6) is 0 Å². The number of amides is 1. The maximum absolute atomic E-state index is 12.9. The number of carbonyl (C=O) groups excluding carboxylic acids is 1. The molecule has 1 heterocycles. The van der Waals surface area contributed by atoms with Gasteiger partial charge in [-0.05, 0) is 62.3 Å². The summed E-state index contributed by atoms with van der Waals surface area (Å²) in [5.74, 6) is -0.488. The second-order valence-corrected chi connectivity index (χ2v) is 6.57. The molecule has 6 heteroatoms. The Balaban J connectivity index is 2.63. The fourth-order valence-corrected chi connectivity index (χ4v) is 2.25. The average molecular weight is 394 g/mol. The van der Waals surface area contributed by atoms with Crippen molar-refractivity contribution in [3.63, 3.8) is 0 Å². The van der Waals surface area contributed by atoms with Gasteiger partial charge >= 0.3 is 6.09 Å². The second kappa shape index (κ2) is 7.19. The van der Waals surface area contributed by atoms with Gasteiger partial charge in [-0.1, -0.05) is 0 Å². The van der Waals surface area contributed by atoms with Crippen LogP contribution in [0.25, 0.3) is 0 Å². The molecule has 0 aliphatic rings. The van der Waals surface area contributed by atoms with Gasteiger partial charge in [0.05, 0.1) is 0 Å². The largest absolute Gasteiger partial charge is 0.444 e. The summed E-state index contributed by atoms with van der Waals surface area (Å²) in [5.41, 5.74) is 0.421. The number of ether oxygens (including phenoxy) is 1. The van der Waals surface area contributed by atoms with E-state index in [1.54, 1.807) is 4.90 Å². The van der Waals surface area contributed by atoms with Crippen molar-refractivity contribution in [2.45, 2.75) is 39.7 Å². The zero-order chi connectivity index (χ0) is 15.3. The van der Waals surface area contributed by atoms with Crippen LogP contribution >= 0.6 is 22.6 Å². The summed E-state index contributed by atoms with van der Waals surface area (Å²) in [6, 6.07) is 1.39. The van der Waals surface area contributed by atoms with Crippen LogP contribution in [-0.4, -0.2) is 34.7 Å². The van der Waals surface area contributed by atoms with Gasteiger partial charge in [-0.25, -0.2) is 9.78 Å². The van der Waals surface area contributed by atoms with Crippen LogP contribution in [0.1, 0.15) is 33.3 Å². The van der Waals surface area contributed by atoms with Crippen LogP contribution < -0.4 is 0 Å². The molecule has 0 aliphatic carbocycles. The van der Waals surface area contributed by atoms with Gasteiger partial charge in [-0.15, -0.1) is 0 Å². The molecule has 0 atom stereocenters. The molecule has 0 fully saturated rings. The van der Waals surface area contributed by atoms with Crippen molar-refractivity contribution in [1.29, 1.82) is 0 Å². The van der Waals surface area contributed by atoms with Crippen molar-refractivity contribution in [3.8, 4) is 0 Å². The Hall–Kier alpha value is -0.920. The molecule has 1 aromatic rings. The Morgan fingerprint density at radius 1 is 1.50 bits per heavy atom. The minimum absolute atomic E-state index is 0.329. The molecule has 0 spiro atoms.